The van der Waals surface area contributed by atoms with Crippen molar-refractivity contribution >= 4 is 0 Å². The summed E-state index contributed by atoms with van der Waals surface area (Å²) in [5, 5.41) is 81.0. The average Bonchev–Trinajstić information content (AvgIpc) is 3.78. The minimum Gasteiger partial charge on any atom is -0.493 e. The van der Waals surface area contributed by atoms with Gasteiger partial charge in [0.2, 0.25) is 24.1 Å². The van der Waals surface area contributed by atoms with Crippen LogP contribution in [0.5, 0.6) is 34.5 Å². The molecule has 0 amide bonds. The molecular formula is C34H46O18. The Bertz CT molecular complexity index is 1360. The first kappa shape index (κ1) is 38.5. The van der Waals surface area contributed by atoms with Gasteiger partial charge in [0, 0.05) is 11.8 Å². The van der Waals surface area contributed by atoms with Crippen LogP contribution >= 0.6 is 0 Å². The molecule has 0 spiro atoms. The number of fused-ring (bicyclic) bond motifs is 1. The monoisotopic (exact) mass is 742 g/mol. The fourth-order valence-corrected chi connectivity index (χ4v) is 7.16. The van der Waals surface area contributed by atoms with E-state index in [1.807, 2.05) is 0 Å². The van der Waals surface area contributed by atoms with Gasteiger partial charge in [-0.15, -0.1) is 0 Å². The van der Waals surface area contributed by atoms with Crippen LogP contribution in [-0.2, 0) is 18.9 Å². The van der Waals surface area contributed by atoms with Crippen LogP contribution in [0.4, 0.5) is 0 Å². The number of aliphatic hydroxyl groups excluding tert-OH is 8. The highest BCUT2D eigenvalue weighted by atomic mass is 16.7. The van der Waals surface area contributed by atoms with Gasteiger partial charge in [-0.1, -0.05) is 0 Å². The van der Waals surface area contributed by atoms with Crippen LogP contribution in [0.2, 0.25) is 0 Å². The van der Waals surface area contributed by atoms with Crippen LogP contribution in [0.1, 0.15) is 23.3 Å². The predicted octanol–water partition coefficient (Wildman–Crippen LogP) is -1.85. The van der Waals surface area contributed by atoms with Gasteiger partial charge in [-0.05, 0) is 35.4 Å². The lowest BCUT2D eigenvalue weighted by Gasteiger charge is -2.39. The average molecular weight is 743 g/mol. The summed E-state index contributed by atoms with van der Waals surface area (Å²) in [6, 6.07) is 6.78. The molecule has 290 valence electrons. The molecule has 2 aromatic rings. The van der Waals surface area contributed by atoms with Crippen molar-refractivity contribution in [3.63, 3.8) is 0 Å². The quantitative estimate of drug-likeness (QED) is 0.119. The molecule has 52 heavy (non-hydrogen) atoms. The summed E-state index contributed by atoms with van der Waals surface area (Å²) in [7, 11) is 5.66. The molecule has 0 aromatic heterocycles. The Kier molecular flexibility index (Phi) is 11.8. The highest BCUT2D eigenvalue weighted by Crippen LogP contribution is 2.54. The summed E-state index contributed by atoms with van der Waals surface area (Å²) in [5.41, 5.74) is 1.37. The maximum absolute atomic E-state index is 10.5. The molecule has 4 fully saturated rings. The number of methoxy groups -OCH3 is 4. The van der Waals surface area contributed by atoms with Gasteiger partial charge in [-0.3, -0.25) is 0 Å². The first-order valence-electron chi connectivity index (χ1n) is 16.7. The van der Waals surface area contributed by atoms with E-state index in [2.05, 4.69) is 0 Å². The summed E-state index contributed by atoms with van der Waals surface area (Å²) in [4.78, 5) is 0. The maximum atomic E-state index is 10.5. The molecule has 4 aliphatic heterocycles. The fourth-order valence-electron chi connectivity index (χ4n) is 7.16. The van der Waals surface area contributed by atoms with Crippen LogP contribution in [0.25, 0.3) is 0 Å². The topological polar surface area (TPSA) is 254 Å². The second-order valence-electron chi connectivity index (χ2n) is 13.0. The lowest BCUT2D eigenvalue weighted by molar-refractivity contribution is -0.277. The van der Waals surface area contributed by atoms with Crippen LogP contribution in [0.3, 0.4) is 0 Å². The van der Waals surface area contributed by atoms with Crippen molar-refractivity contribution in [1.82, 2.24) is 0 Å². The Hall–Kier alpha value is -3.24. The van der Waals surface area contributed by atoms with Gasteiger partial charge >= 0.3 is 0 Å². The van der Waals surface area contributed by atoms with Gasteiger partial charge < -0.3 is 88.2 Å². The van der Waals surface area contributed by atoms with Gasteiger partial charge in [0.25, 0.3) is 0 Å². The summed E-state index contributed by atoms with van der Waals surface area (Å²) in [5.74, 6) is 0.683. The van der Waals surface area contributed by atoms with Crippen LogP contribution in [0.15, 0.2) is 24.3 Å². The minimum absolute atomic E-state index is 0.0541. The van der Waals surface area contributed by atoms with Crippen molar-refractivity contribution in [3.8, 4) is 34.5 Å². The zero-order valence-electron chi connectivity index (χ0n) is 28.9. The second-order valence-corrected chi connectivity index (χ2v) is 13.0. The normalized spacial score (nSPS) is 37.3. The van der Waals surface area contributed by atoms with Crippen molar-refractivity contribution in [3.05, 3.63) is 35.4 Å². The highest BCUT2D eigenvalue weighted by molar-refractivity contribution is 5.56. The van der Waals surface area contributed by atoms with Crippen molar-refractivity contribution in [1.29, 1.82) is 0 Å². The first-order chi connectivity index (χ1) is 25.0. The fraction of sp³-hybridized carbons (Fsp3) is 0.647. The molecule has 4 heterocycles. The van der Waals surface area contributed by atoms with Gasteiger partial charge in [0.1, 0.15) is 48.8 Å². The molecule has 4 saturated heterocycles. The van der Waals surface area contributed by atoms with E-state index >= 15 is 0 Å². The molecule has 0 saturated carbocycles. The van der Waals surface area contributed by atoms with Gasteiger partial charge in [0.15, 0.2) is 23.0 Å². The molecule has 0 radical (unpaired) electrons. The molecule has 18 heteroatoms. The lowest BCUT2D eigenvalue weighted by atomic mass is 9.84. The molecule has 0 bridgehead atoms. The molecule has 18 nitrogen and oxygen atoms in total. The summed E-state index contributed by atoms with van der Waals surface area (Å²) < 4.78 is 58.0. The Morgan fingerprint density at radius 2 is 0.846 bits per heavy atom. The third-order valence-electron chi connectivity index (χ3n) is 10.1. The van der Waals surface area contributed by atoms with Crippen molar-refractivity contribution in [2.75, 3.05) is 54.9 Å². The minimum atomic E-state index is -1.65. The third-order valence-corrected chi connectivity index (χ3v) is 10.1. The molecule has 8 N–H and O–H groups in total. The summed E-state index contributed by atoms with van der Waals surface area (Å²) >= 11 is 0. The number of hydrogen-bond acceptors (Lipinski definition) is 18. The van der Waals surface area contributed by atoms with Crippen LogP contribution in [-0.4, -0.2) is 157 Å². The summed E-state index contributed by atoms with van der Waals surface area (Å²) in [6.45, 7) is -0.604. The van der Waals surface area contributed by atoms with Crippen LogP contribution < -0.4 is 28.4 Å². The van der Waals surface area contributed by atoms with E-state index in [0.717, 1.165) is 0 Å². The summed E-state index contributed by atoms with van der Waals surface area (Å²) in [6.07, 6.45) is -15.9. The third kappa shape index (κ3) is 6.94. The van der Waals surface area contributed by atoms with Crippen molar-refractivity contribution in [2.45, 2.75) is 73.6 Å². The molecule has 14 atom stereocenters. The van der Waals surface area contributed by atoms with Crippen molar-refractivity contribution in [2.24, 2.45) is 11.8 Å². The predicted molar refractivity (Wildman–Crippen MR) is 172 cm³/mol. The molecule has 2 aromatic carbocycles. The van der Waals surface area contributed by atoms with Gasteiger partial charge in [0.05, 0.1) is 67.1 Å². The lowest BCUT2D eigenvalue weighted by Crippen LogP contribution is -2.60. The molecule has 4 aliphatic rings. The number of hydrogen-bond donors (Lipinski definition) is 8. The number of aliphatic hydroxyl groups is 8. The molecule has 0 aliphatic carbocycles. The standard InChI is InChI=1S/C34H46O18/c1-43-17-5-13(6-18(44-2)31(17)51-33-27(41)25(39)23(37)21(9-35)49-33)29-15-11-48-30(16(15)12-47-29)14-7-19(45-3)32(20(8-14)46-4)52-34-28(42)26(40)24(38)22(10-36)50-34/h5-8,15-16,21-30,33-42H,9-12H2,1-4H3/t15?,16?,21-,22+,23-,24+,25-,26-,27+,28+,29?,30?,33+,34-/m0/s1. The zero-order valence-corrected chi connectivity index (χ0v) is 28.9. The van der Waals surface area contributed by atoms with Gasteiger partial charge in [-0.25, -0.2) is 0 Å². The Balaban J connectivity index is 1.22. The number of rotatable bonds is 12. The smallest absolute Gasteiger partial charge is 0.229 e. The van der Waals surface area contributed by atoms with E-state index in [4.69, 9.17) is 47.4 Å². The number of ether oxygens (including phenoxy) is 10. The Labute approximate surface area is 298 Å². The van der Waals surface area contributed by atoms with E-state index in [1.54, 1.807) is 24.3 Å². The molecule has 4 unspecified atom stereocenters. The molecule has 6 rings (SSSR count). The highest BCUT2D eigenvalue weighted by Gasteiger charge is 2.50. The van der Waals surface area contributed by atoms with E-state index in [-0.39, 0.29) is 46.3 Å². The van der Waals surface area contributed by atoms with E-state index in [9.17, 15) is 40.9 Å². The van der Waals surface area contributed by atoms with E-state index in [0.29, 0.717) is 24.3 Å². The zero-order chi connectivity index (χ0) is 37.4. The Morgan fingerprint density at radius 1 is 0.519 bits per heavy atom. The number of benzene rings is 2. The van der Waals surface area contributed by atoms with Crippen molar-refractivity contribution < 1.29 is 88.2 Å². The SMILES string of the molecule is COc1cc(C2OCC3C(c4cc(OC)c(O[C@H]5O[C@@H](CO)[C@H](O)[C@H](O)[C@H]5O)c(OC)c4)OCC23)cc(OC)c1O[C@@H]1O[C@H](CO)[C@@H](O)[C@H](O)[C@H]1O. The first-order valence-corrected chi connectivity index (χ1v) is 16.7. The van der Waals surface area contributed by atoms with E-state index in [1.165, 1.54) is 28.4 Å². The van der Waals surface area contributed by atoms with Crippen LogP contribution in [0, 0.1) is 11.8 Å². The Morgan fingerprint density at radius 3 is 1.13 bits per heavy atom. The van der Waals surface area contributed by atoms with E-state index < -0.39 is 86.8 Å². The molecular weight excluding hydrogens is 696 g/mol. The largest absolute Gasteiger partial charge is 0.493 e. The second kappa shape index (κ2) is 16.0. The maximum Gasteiger partial charge on any atom is 0.229 e. The van der Waals surface area contributed by atoms with Gasteiger partial charge in [-0.2, -0.15) is 0 Å².